The number of para-hydroxylation sites is 1. The van der Waals surface area contributed by atoms with Gasteiger partial charge in [0, 0.05) is 12.1 Å². The largest absolute Gasteiger partial charge is 0.493 e. The van der Waals surface area contributed by atoms with E-state index in [2.05, 4.69) is 41.4 Å². The van der Waals surface area contributed by atoms with Crippen molar-refractivity contribution in [2.24, 2.45) is 0 Å². The number of benzene rings is 1. The molecule has 1 fully saturated rings. The molecule has 1 aliphatic heterocycles. The molecule has 0 spiro atoms. The number of unbranched alkanes of at least 4 members (excludes halogenated alkanes) is 1. The lowest BCUT2D eigenvalue weighted by Gasteiger charge is -2.15. The molecule has 1 aromatic rings. The van der Waals surface area contributed by atoms with Crippen LogP contribution in [0.2, 0.25) is 0 Å². The third-order valence-corrected chi connectivity index (χ3v) is 4.07. The molecule has 0 amide bonds. The van der Waals surface area contributed by atoms with Gasteiger partial charge in [0.15, 0.2) is 0 Å². The Morgan fingerprint density at radius 2 is 1.95 bits per heavy atom. The van der Waals surface area contributed by atoms with Crippen LogP contribution in [0, 0.1) is 0 Å². The highest BCUT2D eigenvalue weighted by Gasteiger charge is 2.10. The van der Waals surface area contributed by atoms with Gasteiger partial charge in [-0.1, -0.05) is 31.5 Å². The molecule has 21 heavy (non-hydrogen) atoms. The summed E-state index contributed by atoms with van der Waals surface area (Å²) >= 11 is 0. The van der Waals surface area contributed by atoms with Crippen molar-refractivity contribution in [2.75, 3.05) is 32.8 Å². The summed E-state index contributed by atoms with van der Waals surface area (Å²) in [6.45, 7) is 8.84. The van der Waals surface area contributed by atoms with Gasteiger partial charge in [-0.15, -0.1) is 0 Å². The predicted molar refractivity (Wildman–Crippen MR) is 88.8 cm³/mol. The third-order valence-electron chi connectivity index (χ3n) is 4.07. The zero-order chi connectivity index (χ0) is 14.8. The van der Waals surface area contributed by atoms with Crippen molar-refractivity contribution < 1.29 is 4.74 Å². The van der Waals surface area contributed by atoms with E-state index in [1.807, 2.05) is 0 Å². The summed E-state index contributed by atoms with van der Waals surface area (Å²) in [5, 5.41) is 3.55. The summed E-state index contributed by atoms with van der Waals surface area (Å²) in [4.78, 5) is 2.57. The first-order chi connectivity index (χ1) is 10.4. The Kier molecular flexibility index (Phi) is 7.61. The van der Waals surface area contributed by atoms with Crippen molar-refractivity contribution in [3.63, 3.8) is 0 Å². The third kappa shape index (κ3) is 6.06. The molecule has 118 valence electrons. The standard InChI is InChI=1S/C18H30N2O/c1-2-3-15-21-18-10-5-4-9-17(18)16-19-11-8-14-20-12-6-7-13-20/h4-5,9-10,19H,2-3,6-8,11-16H2,1H3. The second-order valence-electron chi connectivity index (χ2n) is 5.89. The maximum absolute atomic E-state index is 5.87. The molecule has 1 N–H and O–H groups in total. The molecule has 1 saturated heterocycles. The molecule has 2 rings (SSSR count). The average molecular weight is 290 g/mol. The number of likely N-dealkylation sites (tertiary alicyclic amines) is 1. The number of nitrogens with one attached hydrogen (secondary N) is 1. The number of nitrogens with zero attached hydrogens (tertiary/aromatic N) is 1. The fourth-order valence-electron chi connectivity index (χ4n) is 2.77. The Balaban J connectivity index is 1.64. The summed E-state index contributed by atoms with van der Waals surface area (Å²) in [6.07, 6.45) is 6.30. The fraction of sp³-hybridized carbons (Fsp3) is 0.667. The van der Waals surface area contributed by atoms with Crippen LogP contribution in [-0.4, -0.2) is 37.7 Å². The minimum Gasteiger partial charge on any atom is -0.493 e. The molecule has 0 radical (unpaired) electrons. The quantitative estimate of drug-likeness (QED) is 0.668. The monoisotopic (exact) mass is 290 g/mol. The number of hydrogen-bond acceptors (Lipinski definition) is 3. The van der Waals surface area contributed by atoms with Crippen LogP contribution in [0.3, 0.4) is 0 Å². The molecule has 1 aromatic carbocycles. The Hall–Kier alpha value is -1.06. The molecule has 0 atom stereocenters. The van der Waals surface area contributed by atoms with Crippen molar-refractivity contribution in [3.05, 3.63) is 29.8 Å². The highest BCUT2D eigenvalue weighted by Crippen LogP contribution is 2.18. The molecule has 0 aromatic heterocycles. The van der Waals surface area contributed by atoms with Gasteiger partial charge in [0.25, 0.3) is 0 Å². The Morgan fingerprint density at radius 3 is 2.76 bits per heavy atom. The number of hydrogen-bond donors (Lipinski definition) is 1. The van der Waals surface area contributed by atoms with Crippen molar-refractivity contribution in [2.45, 2.75) is 45.6 Å². The summed E-state index contributed by atoms with van der Waals surface area (Å²) in [5.74, 6) is 1.04. The lowest BCUT2D eigenvalue weighted by molar-refractivity contribution is 0.305. The maximum atomic E-state index is 5.87. The molecule has 0 bridgehead atoms. The van der Waals surface area contributed by atoms with Gasteiger partial charge in [0.2, 0.25) is 0 Å². The van der Waals surface area contributed by atoms with Crippen LogP contribution in [0.25, 0.3) is 0 Å². The van der Waals surface area contributed by atoms with Gasteiger partial charge in [-0.05, 0) is 57.9 Å². The van der Waals surface area contributed by atoms with Gasteiger partial charge >= 0.3 is 0 Å². The summed E-state index contributed by atoms with van der Waals surface area (Å²) in [5.41, 5.74) is 1.27. The van der Waals surface area contributed by atoms with Gasteiger partial charge in [-0.2, -0.15) is 0 Å². The number of rotatable bonds is 10. The average Bonchev–Trinajstić information content (AvgIpc) is 3.02. The Morgan fingerprint density at radius 1 is 1.14 bits per heavy atom. The van der Waals surface area contributed by atoms with E-state index in [4.69, 9.17) is 4.74 Å². The van der Waals surface area contributed by atoms with Gasteiger partial charge in [0.1, 0.15) is 5.75 Å². The second kappa shape index (κ2) is 9.80. The van der Waals surface area contributed by atoms with Crippen LogP contribution >= 0.6 is 0 Å². The highest BCUT2D eigenvalue weighted by atomic mass is 16.5. The Labute approximate surface area is 129 Å². The topological polar surface area (TPSA) is 24.5 Å². The zero-order valence-electron chi connectivity index (χ0n) is 13.4. The lowest BCUT2D eigenvalue weighted by atomic mass is 10.2. The van der Waals surface area contributed by atoms with Crippen LogP contribution < -0.4 is 10.1 Å². The smallest absolute Gasteiger partial charge is 0.123 e. The van der Waals surface area contributed by atoms with E-state index in [1.165, 1.54) is 50.9 Å². The normalized spacial score (nSPS) is 15.5. The van der Waals surface area contributed by atoms with E-state index in [9.17, 15) is 0 Å². The zero-order valence-corrected chi connectivity index (χ0v) is 13.4. The minimum absolute atomic E-state index is 0.822. The van der Waals surface area contributed by atoms with Crippen LogP contribution in [0.5, 0.6) is 5.75 Å². The number of ether oxygens (including phenoxy) is 1. The van der Waals surface area contributed by atoms with E-state index in [1.54, 1.807) is 0 Å². The lowest BCUT2D eigenvalue weighted by Crippen LogP contribution is -2.24. The Bertz CT molecular complexity index is 389. The molecular weight excluding hydrogens is 260 g/mol. The molecule has 0 aliphatic carbocycles. The van der Waals surface area contributed by atoms with E-state index in [0.717, 1.165) is 31.9 Å². The van der Waals surface area contributed by atoms with Gasteiger partial charge in [0.05, 0.1) is 6.61 Å². The van der Waals surface area contributed by atoms with Crippen LogP contribution in [0.4, 0.5) is 0 Å². The van der Waals surface area contributed by atoms with Gasteiger partial charge in [-0.25, -0.2) is 0 Å². The first-order valence-electron chi connectivity index (χ1n) is 8.54. The second-order valence-corrected chi connectivity index (χ2v) is 5.89. The predicted octanol–water partition coefficient (Wildman–Crippen LogP) is 3.44. The van der Waals surface area contributed by atoms with Crippen molar-refractivity contribution >= 4 is 0 Å². The molecule has 0 saturated carbocycles. The minimum atomic E-state index is 0.822. The van der Waals surface area contributed by atoms with E-state index < -0.39 is 0 Å². The van der Waals surface area contributed by atoms with E-state index in [0.29, 0.717) is 0 Å². The summed E-state index contributed by atoms with van der Waals surface area (Å²) in [6, 6.07) is 8.39. The maximum Gasteiger partial charge on any atom is 0.123 e. The first kappa shape index (κ1) is 16.3. The molecule has 3 heteroatoms. The van der Waals surface area contributed by atoms with Crippen LogP contribution in [0.15, 0.2) is 24.3 Å². The molecular formula is C18H30N2O. The highest BCUT2D eigenvalue weighted by molar-refractivity contribution is 5.33. The fourth-order valence-corrected chi connectivity index (χ4v) is 2.77. The van der Waals surface area contributed by atoms with E-state index in [-0.39, 0.29) is 0 Å². The van der Waals surface area contributed by atoms with E-state index >= 15 is 0 Å². The van der Waals surface area contributed by atoms with Crippen LogP contribution in [0.1, 0.15) is 44.6 Å². The van der Waals surface area contributed by atoms with Crippen molar-refractivity contribution in [1.29, 1.82) is 0 Å². The summed E-state index contributed by atoms with van der Waals surface area (Å²) in [7, 11) is 0. The van der Waals surface area contributed by atoms with Gasteiger partial charge in [-0.3, -0.25) is 0 Å². The van der Waals surface area contributed by atoms with Crippen LogP contribution in [-0.2, 0) is 6.54 Å². The first-order valence-corrected chi connectivity index (χ1v) is 8.54. The SMILES string of the molecule is CCCCOc1ccccc1CNCCCN1CCCC1. The molecule has 3 nitrogen and oxygen atoms in total. The molecule has 0 unspecified atom stereocenters. The van der Waals surface area contributed by atoms with Gasteiger partial charge < -0.3 is 15.0 Å². The molecule has 1 aliphatic rings. The summed E-state index contributed by atoms with van der Waals surface area (Å²) < 4.78 is 5.87. The molecule has 1 heterocycles. The van der Waals surface area contributed by atoms with Crippen molar-refractivity contribution in [1.82, 2.24) is 10.2 Å². The van der Waals surface area contributed by atoms with Crippen molar-refractivity contribution in [3.8, 4) is 5.75 Å².